The van der Waals surface area contributed by atoms with Crippen molar-refractivity contribution >= 4 is 0 Å². The predicted molar refractivity (Wildman–Crippen MR) is 81.4 cm³/mol. The number of nitrogens with two attached hydrogens (primary N) is 1. The molecule has 0 spiro atoms. The van der Waals surface area contributed by atoms with Crippen LogP contribution in [0.1, 0.15) is 44.7 Å². The maximum Gasteiger partial charge on any atom is 0.124 e. The average Bonchev–Trinajstić information content (AvgIpc) is 2.44. The first kappa shape index (κ1) is 16.0. The molecule has 0 aliphatic heterocycles. The molecule has 0 amide bonds. The van der Waals surface area contributed by atoms with Crippen molar-refractivity contribution in [3.05, 3.63) is 29.3 Å². The molecule has 19 heavy (non-hydrogen) atoms. The van der Waals surface area contributed by atoms with Gasteiger partial charge in [0.05, 0.1) is 6.61 Å². The molecule has 0 unspecified atom stereocenters. The molecule has 0 aliphatic rings. The Bertz CT molecular complexity index is 366. The third-order valence-corrected chi connectivity index (χ3v) is 3.33. The van der Waals surface area contributed by atoms with Crippen LogP contribution in [0.15, 0.2) is 18.2 Å². The summed E-state index contributed by atoms with van der Waals surface area (Å²) in [4.78, 5) is 2.47. The maximum atomic E-state index is 5.73. The summed E-state index contributed by atoms with van der Waals surface area (Å²) < 4.78 is 5.67. The van der Waals surface area contributed by atoms with Crippen molar-refractivity contribution in [2.45, 2.75) is 46.7 Å². The molecule has 0 aliphatic carbocycles. The zero-order valence-corrected chi connectivity index (χ0v) is 12.6. The lowest BCUT2D eigenvalue weighted by atomic mass is 10.1. The summed E-state index contributed by atoms with van der Waals surface area (Å²) in [6.45, 7) is 10.9. The van der Waals surface area contributed by atoms with Gasteiger partial charge in [-0.1, -0.05) is 32.4 Å². The standard InChI is InChI=1S/C16H28N2O/c1-4-7-10-18(5-2)13-14-8-9-15(12-17)16(11-14)19-6-3/h8-9,11H,4-7,10,12-13,17H2,1-3H3. The minimum atomic E-state index is 0.531. The van der Waals surface area contributed by atoms with Gasteiger partial charge in [-0.25, -0.2) is 0 Å². The Hall–Kier alpha value is -1.06. The Morgan fingerprint density at radius 2 is 2.00 bits per heavy atom. The second-order valence-electron chi connectivity index (χ2n) is 4.80. The molecule has 1 rings (SSSR count). The summed E-state index contributed by atoms with van der Waals surface area (Å²) in [7, 11) is 0. The highest BCUT2D eigenvalue weighted by Crippen LogP contribution is 2.21. The van der Waals surface area contributed by atoms with Crippen LogP contribution in [-0.2, 0) is 13.1 Å². The van der Waals surface area contributed by atoms with Gasteiger partial charge in [-0.05, 0) is 38.1 Å². The minimum Gasteiger partial charge on any atom is -0.494 e. The highest BCUT2D eigenvalue weighted by Gasteiger charge is 2.07. The predicted octanol–water partition coefficient (Wildman–Crippen LogP) is 3.17. The van der Waals surface area contributed by atoms with E-state index in [0.717, 1.165) is 30.9 Å². The van der Waals surface area contributed by atoms with Crippen LogP contribution >= 0.6 is 0 Å². The van der Waals surface area contributed by atoms with E-state index in [1.165, 1.54) is 18.4 Å². The Morgan fingerprint density at radius 3 is 2.58 bits per heavy atom. The van der Waals surface area contributed by atoms with Crippen molar-refractivity contribution in [3.8, 4) is 5.75 Å². The fraction of sp³-hybridized carbons (Fsp3) is 0.625. The monoisotopic (exact) mass is 264 g/mol. The highest BCUT2D eigenvalue weighted by molar-refractivity contribution is 5.37. The summed E-state index contributed by atoms with van der Waals surface area (Å²) in [5, 5.41) is 0. The molecule has 108 valence electrons. The normalized spacial score (nSPS) is 11.0. The molecule has 0 bridgehead atoms. The molecule has 0 saturated heterocycles. The van der Waals surface area contributed by atoms with Crippen molar-refractivity contribution in [3.63, 3.8) is 0 Å². The van der Waals surface area contributed by atoms with E-state index in [1.807, 2.05) is 6.92 Å². The van der Waals surface area contributed by atoms with Crippen LogP contribution < -0.4 is 10.5 Å². The Labute approximate surface area is 117 Å². The average molecular weight is 264 g/mol. The zero-order valence-electron chi connectivity index (χ0n) is 12.6. The quantitative estimate of drug-likeness (QED) is 0.744. The van der Waals surface area contributed by atoms with Gasteiger partial charge in [0.15, 0.2) is 0 Å². The lowest BCUT2D eigenvalue weighted by molar-refractivity contribution is 0.274. The van der Waals surface area contributed by atoms with Crippen LogP contribution in [0.3, 0.4) is 0 Å². The molecular formula is C16H28N2O. The number of unbranched alkanes of at least 4 members (excludes halogenated alkanes) is 1. The van der Waals surface area contributed by atoms with Gasteiger partial charge in [-0.15, -0.1) is 0 Å². The summed E-state index contributed by atoms with van der Waals surface area (Å²) >= 11 is 0. The molecule has 0 atom stereocenters. The van der Waals surface area contributed by atoms with E-state index in [2.05, 4.69) is 36.9 Å². The van der Waals surface area contributed by atoms with Crippen LogP contribution in [0.2, 0.25) is 0 Å². The van der Waals surface area contributed by atoms with Gasteiger partial charge in [0.2, 0.25) is 0 Å². The van der Waals surface area contributed by atoms with Crippen molar-refractivity contribution in [1.82, 2.24) is 4.90 Å². The number of nitrogens with zero attached hydrogens (tertiary/aromatic N) is 1. The first-order valence-corrected chi connectivity index (χ1v) is 7.42. The molecule has 1 aromatic carbocycles. The SMILES string of the molecule is CCCCN(CC)Cc1ccc(CN)c(OCC)c1. The second kappa shape index (κ2) is 8.94. The van der Waals surface area contributed by atoms with Gasteiger partial charge in [-0.2, -0.15) is 0 Å². The van der Waals surface area contributed by atoms with E-state index in [0.29, 0.717) is 13.2 Å². The third kappa shape index (κ3) is 5.21. The Kier molecular flexibility index (Phi) is 7.53. The summed E-state index contributed by atoms with van der Waals surface area (Å²) in [6, 6.07) is 6.40. The van der Waals surface area contributed by atoms with Crippen LogP contribution in [-0.4, -0.2) is 24.6 Å². The molecule has 2 N–H and O–H groups in total. The number of ether oxygens (including phenoxy) is 1. The maximum absolute atomic E-state index is 5.73. The van der Waals surface area contributed by atoms with E-state index >= 15 is 0 Å². The van der Waals surface area contributed by atoms with Crippen molar-refractivity contribution in [1.29, 1.82) is 0 Å². The summed E-state index contributed by atoms with van der Waals surface area (Å²) in [5.41, 5.74) is 8.12. The fourth-order valence-corrected chi connectivity index (χ4v) is 2.14. The molecule has 3 heteroatoms. The second-order valence-corrected chi connectivity index (χ2v) is 4.80. The lowest BCUT2D eigenvalue weighted by Crippen LogP contribution is -2.24. The van der Waals surface area contributed by atoms with E-state index in [4.69, 9.17) is 10.5 Å². The Morgan fingerprint density at radius 1 is 1.21 bits per heavy atom. The summed E-state index contributed by atoms with van der Waals surface area (Å²) in [5.74, 6) is 0.939. The fourth-order valence-electron chi connectivity index (χ4n) is 2.14. The van der Waals surface area contributed by atoms with Gasteiger partial charge >= 0.3 is 0 Å². The molecule has 0 fully saturated rings. The smallest absolute Gasteiger partial charge is 0.124 e. The molecule has 3 nitrogen and oxygen atoms in total. The Balaban J connectivity index is 2.74. The van der Waals surface area contributed by atoms with Crippen LogP contribution in [0.4, 0.5) is 0 Å². The minimum absolute atomic E-state index is 0.531. The van der Waals surface area contributed by atoms with E-state index < -0.39 is 0 Å². The van der Waals surface area contributed by atoms with Gasteiger partial charge in [-0.3, -0.25) is 4.90 Å². The van der Waals surface area contributed by atoms with Crippen LogP contribution in [0.25, 0.3) is 0 Å². The number of benzene rings is 1. The van der Waals surface area contributed by atoms with Gasteiger partial charge in [0.25, 0.3) is 0 Å². The van der Waals surface area contributed by atoms with Gasteiger partial charge in [0, 0.05) is 18.7 Å². The molecule has 0 radical (unpaired) electrons. The van der Waals surface area contributed by atoms with Crippen molar-refractivity contribution in [2.24, 2.45) is 5.73 Å². The summed E-state index contributed by atoms with van der Waals surface area (Å²) in [6.07, 6.45) is 2.50. The van der Waals surface area contributed by atoms with E-state index in [1.54, 1.807) is 0 Å². The number of hydrogen-bond donors (Lipinski definition) is 1. The van der Waals surface area contributed by atoms with Crippen molar-refractivity contribution in [2.75, 3.05) is 19.7 Å². The van der Waals surface area contributed by atoms with E-state index in [9.17, 15) is 0 Å². The topological polar surface area (TPSA) is 38.5 Å². The lowest BCUT2D eigenvalue weighted by Gasteiger charge is -2.21. The van der Waals surface area contributed by atoms with Gasteiger partial charge in [0.1, 0.15) is 5.75 Å². The van der Waals surface area contributed by atoms with E-state index in [-0.39, 0.29) is 0 Å². The first-order chi connectivity index (χ1) is 9.24. The van der Waals surface area contributed by atoms with Crippen molar-refractivity contribution < 1.29 is 4.74 Å². The highest BCUT2D eigenvalue weighted by atomic mass is 16.5. The number of hydrogen-bond acceptors (Lipinski definition) is 3. The molecule has 1 aromatic rings. The molecule has 0 heterocycles. The first-order valence-electron chi connectivity index (χ1n) is 7.42. The van der Waals surface area contributed by atoms with Crippen LogP contribution in [0.5, 0.6) is 5.75 Å². The van der Waals surface area contributed by atoms with Gasteiger partial charge < -0.3 is 10.5 Å². The molecular weight excluding hydrogens is 236 g/mol. The number of rotatable bonds is 9. The van der Waals surface area contributed by atoms with Crippen LogP contribution in [0, 0.1) is 0 Å². The third-order valence-electron chi connectivity index (χ3n) is 3.33. The largest absolute Gasteiger partial charge is 0.494 e. The molecule has 0 saturated carbocycles. The molecule has 0 aromatic heterocycles. The zero-order chi connectivity index (χ0) is 14.1.